The number of nitrogens with one attached hydrogen (secondary N) is 1. The molecule has 2 saturated heterocycles. The van der Waals surface area contributed by atoms with Gasteiger partial charge < -0.3 is 15.2 Å². The summed E-state index contributed by atoms with van der Waals surface area (Å²) in [6.45, 7) is 0.333. The first kappa shape index (κ1) is 18.7. The number of hydrogen-bond acceptors (Lipinski definition) is 5. The van der Waals surface area contributed by atoms with Gasteiger partial charge >= 0.3 is 12.1 Å². The Morgan fingerprint density at radius 1 is 1.19 bits per heavy atom. The summed E-state index contributed by atoms with van der Waals surface area (Å²) in [6.07, 6.45) is 0.108. The summed E-state index contributed by atoms with van der Waals surface area (Å²) in [6, 6.07) is 6.94. The van der Waals surface area contributed by atoms with Crippen LogP contribution in [-0.4, -0.2) is 57.6 Å². The topological polar surface area (TPSA) is 116 Å². The fourth-order valence-electron chi connectivity index (χ4n) is 3.30. The normalized spacial score (nSPS) is 22.7. The van der Waals surface area contributed by atoms with Gasteiger partial charge in [-0.25, -0.2) is 14.6 Å². The van der Waals surface area contributed by atoms with Gasteiger partial charge in [-0.2, -0.15) is 0 Å². The minimum atomic E-state index is -1.17. The largest absolute Gasteiger partial charge is 0.480 e. The van der Waals surface area contributed by atoms with Crippen molar-refractivity contribution >= 4 is 23.9 Å². The SMILES string of the molecule is O=C(N[C@H]1CCC(=O)N2CCC[C@@H](C(=O)O)N2C1=O)OCc1ccccc1. The van der Waals surface area contributed by atoms with Gasteiger partial charge in [0, 0.05) is 13.0 Å². The van der Waals surface area contributed by atoms with E-state index in [0.29, 0.717) is 13.0 Å². The Hall–Kier alpha value is -3.10. The number of ether oxygens (including phenoxy) is 1. The Labute approximate surface area is 155 Å². The molecule has 0 radical (unpaired) electrons. The van der Waals surface area contributed by atoms with Crippen LogP contribution in [0.15, 0.2) is 30.3 Å². The molecule has 0 unspecified atom stereocenters. The number of alkyl carbamates (subject to hydrolysis) is 1. The summed E-state index contributed by atoms with van der Waals surface area (Å²) in [5.41, 5.74) is 0.795. The molecular formula is C18H21N3O6. The van der Waals surface area contributed by atoms with E-state index in [9.17, 15) is 24.3 Å². The fourth-order valence-corrected chi connectivity index (χ4v) is 3.30. The number of nitrogens with zero attached hydrogens (tertiary/aromatic N) is 2. The molecule has 2 aliphatic heterocycles. The molecule has 3 rings (SSSR count). The fraction of sp³-hybridized carbons (Fsp3) is 0.444. The summed E-state index contributed by atoms with van der Waals surface area (Å²) in [5, 5.41) is 14.1. The van der Waals surface area contributed by atoms with Gasteiger partial charge in [-0.05, 0) is 24.8 Å². The van der Waals surface area contributed by atoms with Crippen LogP contribution in [0.5, 0.6) is 0 Å². The van der Waals surface area contributed by atoms with E-state index < -0.39 is 30.1 Å². The summed E-state index contributed by atoms with van der Waals surface area (Å²) in [7, 11) is 0. The molecule has 144 valence electrons. The van der Waals surface area contributed by atoms with Crippen LogP contribution >= 0.6 is 0 Å². The number of amides is 3. The second kappa shape index (κ2) is 8.07. The van der Waals surface area contributed by atoms with Crippen molar-refractivity contribution in [3.63, 3.8) is 0 Å². The zero-order chi connectivity index (χ0) is 19.4. The molecule has 3 amide bonds. The van der Waals surface area contributed by atoms with Gasteiger partial charge in [0.25, 0.3) is 5.91 Å². The summed E-state index contributed by atoms with van der Waals surface area (Å²) < 4.78 is 5.12. The van der Waals surface area contributed by atoms with Crippen molar-refractivity contribution in [2.75, 3.05) is 6.54 Å². The Bertz CT molecular complexity index is 738. The number of carboxylic acids is 1. The Kier molecular flexibility index (Phi) is 5.58. The summed E-state index contributed by atoms with van der Waals surface area (Å²) in [5.74, 6) is -2.10. The van der Waals surface area contributed by atoms with Crippen molar-refractivity contribution in [3.8, 4) is 0 Å². The number of hydrazine groups is 1. The van der Waals surface area contributed by atoms with E-state index in [1.54, 1.807) is 12.1 Å². The van der Waals surface area contributed by atoms with Crippen molar-refractivity contribution in [2.24, 2.45) is 0 Å². The predicted molar refractivity (Wildman–Crippen MR) is 92.0 cm³/mol. The molecule has 9 heteroatoms. The third kappa shape index (κ3) is 4.18. The number of carboxylic acid groups (broad SMARTS) is 1. The average Bonchev–Trinajstić information content (AvgIpc) is 2.79. The number of aliphatic carboxylic acids is 1. The number of benzene rings is 1. The smallest absolute Gasteiger partial charge is 0.408 e. The van der Waals surface area contributed by atoms with Crippen molar-refractivity contribution in [3.05, 3.63) is 35.9 Å². The summed E-state index contributed by atoms with van der Waals surface area (Å²) >= 11 is 0. The molecule has 27 heavy (non-hydrogen) atoms. The van der Waals surface area contributed by atoms with Gasteiger partial charge in [-0.1, -0.05) is 30.3 Å². The molecule has 0 spiro atoms. The van der Waals surface area contributed by atoms with E-state index in [2.05, 4.69) is 5.32 Å². The third-order valence-electron chi connectivity index (χ3n) is 4.65. The van der Waals surface area contributed by atoms with Gasteiger partial charge in [-0.15, -0.1) is 0 Å². The maximum absolute atomic E-state index is 12.8. The molecule has 0 saturated carbocycles. The standard InChI is InChI=1S/C18H21N3O6/c22-15-9-8-13(19-18(26)27-11-12-5-2-1-3-6-12)16(23)21-14(17(24)25)7-4-10-20(15)21/h1-3,5-6,13-14H,4,7-11H2,(H,19,26)(H,24,25)/t13-,14-/m0/s1. The lowest BCUT2D eigenvalue weighted by Crippen LogP contribution is -2.62. The van der Waals surface area contributed by atoms with Gasteiger partial charge in [0.05, 0.1) is 0 Å². The molecule has 2 atom stereocenters. The first-order chi connectivity index (χ1) is 13.0. The number of rotatable bonds is 4. The van der Waals surface area contributed by atoms with Crippen molar-refractivity contribution in [1.29, 1.82) is 0 Å². The van der Waals surface area contributed by atoms with Crippen LogP contribution in [0.3, 0.4) is 0 Å². The van der Waals surface area contributed by atoms with Crippen LogP contribution in [0.25, 0.3) is 0 Å². The molecule has 0 bridgehead atoms. The quantitative estimate of drug-likeness (QED) is 0.807. The van der Waals surface area contributed by atoms with Crippen LogP contribution in [0.2, 0.25) is 0 Å². The van der Waals surface area contributed by atoms with E-state index in [-0.39, 0.29) is 31.8 Å². The van der Waals surface area contributed by atoms with Crippen molar-refractivity contribution in [2.45, 2.75) is 44.4 Å². The molecule has 2 heterocycles. The molecule has 1 aromatic carbocycles. The van der Waals surface area contributed by atoms with Crippen LogP contribution in [0, 0.1) is 0 Å². The third-order valence-corrected chi connectivity index (χ3v) is 4.65. The highest BCUT2D eigenvalue weighted by atomic mass is 16.5. The molecule has 1 aromatic rings. The molecule has 0 aliphatic carbocycles. The van der Waals surface area contributed by atoms with Crippen molar-refractivity contribution in [1.82, 2.24) is 15.3 Å². The molecular weight excluding hydrogens is 354 g/mol. The minimum Gasteiger partial charge on any atom is -0.480 e. The predicted octanol–water partition coefficient (Wildman–Crippen LogP) is 0.894. The van der Waals surface area contributed by atoms with E-state index in [0.717, 1.165) is 10.6 Å². The average molecular weight is 375 g/mol. The lowest BCUT2D eigenvalue weighted by molar-refractivity contribution is -0.180. The Morgan fingerprint density at radius 2 is 1.93 bits per heavy atom. The van der Waals surface area contributed by atoms with E-state index >= 15 is 0 Å². The maximum atomic E-state index is 12.8. The monoisotopic (exact) mass is 375 g/mol. The van der Waals surface area contributed by atoms with Gasteiger partial charge in [-0.3, -0.25) is 14.6 Å². The van der Waals surface area contributed by atoms with Crippen LogP contribution in [0.1, 0.15) is 31.2 Å². The Balaban J connectivity index is 1.68. The highest BCUT2D eigenvalue weighted by Gasteiger charge is 2.44. The highest BCUT2D eigenvalue weighted by Crippen LogP contribution is 2.24. The highest BCUT2D eigenvalue weighted by molar-refractivity contribution is 5.93. The van der Waals surface area contributed by atoms with Gasteiger partial charge in [0.15, 0.2) is 6.04 Å². The minimum absolute atomic E-state index is 0.0399. The van der Waals surface area contributed by atoms with Crippen LogP contribution in [-0.2, 0) is 25.7 Å². The second-order valence-corrected chi connectivity index (χ2v) is 6.49. The summed E-state index contributed by atoms with van der Waals surface area (Å²) in [4.78, 5) is 48.7. The van der Waals surface area contributed by atoms with E-state index in [1.165, 1.54) is 5.01 Å². The van der Waals surface area contributed by atoms with E-state index in [1.807, 2.05) is 18.2 Å². The first-order valence-electron chi connectivity index (χ1n) is 8.80. The second-order valence-electron chi connectivity index (χ2n) is 6.49. The number of hydrogen-bond donors (Lipinski definition) is 2. The maximum Gasteiger partial charge on any atom is 0.408 e. The van der Waals surface area contributed by atoms with E-state index in [4.69, 9.17) is 4.74 Å². The zero-order valence-electron chi connectivity index (χ0n) is 14.7. The van der Waals surface area contributed by atoms with Crippen LogP contribution in [0.4, 0.5) is 4.79 Å². The van der Waals surface area contributed by atoms with Crippen LogP contribution < -0.4 is 5.32 Å². The molecule has 2 fully saturated rings. The van der Waals surface area contributed by atoms with Gasteiger partial charge in [0.2, 0.25) is 5.91 Å². The number of carbonyl (C=O) groups is 4. The van der Waals surface area contributed by atoms with Gasteiger partial charge in [0.1, 0.15) is 12.6 Å². The van der Waals surface area contributed by atoms with Crippen molar-refractivity contribution < 1.29 is 29.0 Å². The molecule has 0 aromatic heterocycles. The Morgan fingerprint density at radius 3 is 2.63 bits per heavy atom. The first-order valence-corrected chi connectivity index (χ1v) is 8.80. The lowest BCUT2D eigenvalue weighted by atomic mass is 10.1. The molecule has 2 aliphatic rings. The molecule has 2 N–H and O–H groups in total. The lowest BCUT2D eigenvalue weighted by Gasteiger charge is -2.41. The number of carbonyl (C=O) groups excluding carboxylic acids is 3. The molecule has 9 nitrogen and oxygen atoms in total. The number of fused-ring (bicyclic) bond motifs is 1. The zero-order valence-corrected chi connectivity index (χ0v) is 14.7.